The Kier molecular flexibility index (Phi) is 4.75. The minimum absolute atomic E-state index is 0.286. The number of likely N-dealkylation sites (tertiary alicyclic amines) is 1. The van der Waals surface area contributed by atoms with Crippen molar-refractivity contribution >= 4 is 27.8 Å². The van der Waals surface area contributed by atoms with E-state index in [0.29, 0.717) is 18.9 Å². The number of carbonyl (C=O) groups is 2. The van der Waals surface area contributed by atoms with Crippen LogP contribution in [0.5, 0.6) is 0 Å². The van der Waals surface area contributed by atoms with Gasteiger partial charge in [0, 0.05) is 17.2 Å². The van der Waals surface area contributed by atoms with Crippen LogP contribution in [0.2, 0.25) is 0 Å². The molecule has 1 fully saturated rings. The second kappa shape index (κ2) is 6.35. The molecule has 108 valence electrons. The van der Waals surface area contributed by atoms with Crippen LogP contribution in [0, 0.1) is 5.92 Å². The van der Waals surface area contributed by atoms with Crippen LogP contribution >= 0.6 is 15.9 Å². The average Bonchev–Trinajstić information content (AvgIpc) is 2.46. The summed E-state index contributed by atoms with van der Waals surface area (Å²) in [6, 6.07) is 2.60. The number of carboxylic acids is 1. The normalized spacial score (nSPS) is 22.6. The van der Waals surface area contributed by atoms with E-state index < -0.39 is 12.0 Å². The smallest absolute Gasteiger partial charge is 0.326 e. The molecule has 1 saturated heterocycles. The molecule has 0 aliphatic carbocycles. The van der Waals surface area contributed by atoms with E-state index >= 15 is 0 Å². The molecule has 5 nitrogen and oxygen atoms in total. The largest absolute Gasteiger partial charge is 0.480 e. The van der Waals surface area contributed by atoms with Crippen molar-refractivity contribution in [1.82, 2.24) is 9.88 Å². The molecular formula is C14H17BrN2O3. The molecule has 20 heavy (non-hydrogen) atoms. The highest BCUT2D eigenvalue weighted by atomic mass is 79.9. The first-order valence-electron chi connectivity index (χ1n) is 6.68. The van der Waals surface area contributed by atoms with Crippen LogP contribution < -0.4 is 0 Å². The summed E-state index contributed by atoms with van der Waals surface area (Å²) in [6.07, 6.45) is 3.86. The Bertz CT molecular complexity index is 504. The van der Waals surface area contributed by atoms with Crippen molar-refractivity contribution in [2.24, 2.45) is 5.92 Å². The summed E-state index contributed by atoms with van der Waals surface area (Å²) in [5.74, 6) is -0.869. The monoisotopic (exact) mass is 340 g/mol. The average molecular weight is 341 g/mol. The Labute approximate surface area is 126 Å². The highest BCUT2D eigenvalue weighted by Gasteiger charge is 2.36. The summed E-state index contributed by atoms with van der Waals surface area (Å²) in [7, 11) is 0. The molecular weight excluding hydrogens is 324 g/mol. The number of hydrogen-bond acceptors (Lipinski definition) is 3. The summed E-state index contributed by atoms with van der Waals surface area (Å²) in [5, 5.41) is 9.34. The van der Waals surface area contributed by atoms with Crippen molar-refractivity contribution in [3.8, 4) is 0 Å². The second-order valence-corrected chi connectivity index (χ2v) is 5.93. The van der Waals surface area contributed by atoms with Gasteiger partial charge in [-0.15, -0.1) is 0 Å². The van der Waals surface area contributed by atoms with Gasteiger partial charge in [0.2, 0.25) is 0 Å². The SMILES string of the molecule is CCC1CCN(C(=O)c2ccc(Br)cn2)C(C(=O)O)C1. The van der Waals surface area contributed by atoms with E-state index in [4.69, 9.17) is 0 Å². The zero-order valence-corrected chi connectivity index (χ0v) is 12.8. The number of aliphatic carboxylic acids is 1. The topological polar surface area (TPSA) is 70.5 Å². The van der Waals surface area contributed by atoms with E-state index in [9.17, 15) is 14.7 Å². The van der Waals surface area contributed by atoms with E-state index in [1.165, 1.54) is 4.90 Å². The number of amides is 1. The molecule has 0 spiro atoms. The third kappa shape index (κ3) is 3.17. The maximum atomic E-state index is 12.4. The van der Waals surface area contributed by atoms with Crippen molar-refractivity contribution in [1.29, 1.82) is 0 Å². The Balaban J connectivity index is 2.19. The summed E-state index contributed by atoms with van der Waals surface area (Å²) in [4.78, 5) is 29.3. The number of carboxylic acid groups (broad SMARTS) is 1. The number of piperidine rings is 1. The number of hydrogen-bond donors (Lipinski definition) is 1. The van der Waals surface area contributed by atoms with E-state index in [0.717, 1.165) is 17.3 Å². The number of aromatic nitrogens is 1. The highest BCUT2D eigenvalue weighted by molar-refractivity contribution is 9.10. The minimum Gasteiger partial charge on any atom is -0.480 e. The summed E-state index contributed by atoms with van der Waals surface area (Å²) < 4.78 is 0.786. The summed E-state index contributed by atoms with van der Waals surface area (Å²) in [6.45, 7) is 2.53. The quantitative estimate of drug-likeness (QED) is 0.917. The molecule has 2 heterocycles. The van der Waals surface area contributed by atoms with Gasteiger partial charge in [-0.1, -0.05) is 13.3 Å². The molecule has 1 amide bonds. The minimum atomic E-state index is -0.936. The number of carbonyl (C=O) groups excluding carboxylic acids is 1. The lowest BCUT2D eigenvalue weighted by Gasteiger charge is -2.36. The maximum absolute atomic E-state index is 12.4. The van der Waals surface area contributed by atoms with Crippen LogP contribution in [-0.4, -0.2) is 39.5 Å². The fourth-order valence-electron chi connectivity index (χ4n) is 2.54. The Morgan fingerprint density at radius 3 is 2.80 bits per heavy atom. The molecule has 2 rings (SSSR count). The molecule has 1 aliphatic heterocycles. The first-order valence-corrected chi connectivity index (χ1v) is 7.47. The van der Waals surface area contributed by atoms with Gasteiger partial charge in [-0.25, -0.2) is 9.78 Å². The van der Waals surface area contributed by atoms with Gasteiger partial charge < -0.3 is 10.0 Å². The molecule has 0 radical (unpaired) electrons. The first kappa shape index (κ1) is 15.0. The van der Waals surface area contributed by atoms with E-state index in [-0.39, 0.29) is 11.6 Å². The molecule has 2 unspecified atom stereocenters. The fraction of sp³-hybridized carbons (Fsp3) is 0.500. The molecule has 1 aromatic rings. The van der Waals surface area contributed by atoms with Gasteiger partial charge in [0.05, 0.1) is 0 Å². The van der Waals surface area contributed by atoms with Gasteiger partial charge in [-0.3, -0.25) is 4.79 Å². The summed E-state index contributed by atoms with van der Waals surface area (Å²) in [5.41, 5.74) is 0.286. The number of halogens is 1. The van der Waals surface area contributed by atoms with Crippen LogP contribution in [-0.2, 0) is 4.79 Å². The molecule has 1 aromatic heterocycles. The van der Waals surface area contributed by atoms with Crippen molar-refractivity contribution in [2.75, 3.05) is 6.54 Å². The standard InChI is InChI=1S/C14H17BrN2O3/c1-2-9-5-6-17(12(7-9)14(19)20)13(18)11-4-3-10(15)8-16-11/h3-4,8-9,12H,2,5-7H2,1H3,(H,19,20). The lowest BCUT2D eigenvalue weighted by atomic mass is 9.88. The van der Waals surface area contributed by atoms with Crippen molar-refractivity contribution in [2.45, 2.75) is 32.2 Å². The predicted octanol–water partition coefficient (Wildman–Crippen LogP) is 2.56. The molecule has 6 heteroatoms. The lowest BCUT2D eigenvalue weighted by molar-refractivity contribution is -0.144. The van der Waals surface area contributed by atoms with Gasteiger partial charge in [-0.05, 0) is 46.8 Å². The van der Waals surface area contributed by atoms with Gasteiger partial charge in [0.1, 0.15) is 11.7 Å². The Morgan fingerprint density at radius 1 is 1.50 bits per heavy atom. The Hall–Kier alpha value is -1.43. The van der Waals surface area contributed by atoms with Gasteiger partial charge in [0.25, 0.3) is 5.91 Å². The molecule has 1 N–H and O–H groups in total. The number of nitrogens with zero attached hydrogens (tertiary/aromatic N) is 2. The van der Waals surface area contributed by atoms with Gasteiger partial charge >= 0.3 is 5.97 Å². The second-order valence-electron chi connectivity index (χ2n) is 5.01. The maximum Gasteiger partial charge on any atom is 0.326 e. The van der Waals surface area contributed by atoms with Gasteiger partial charge in [-0.2, -0.15) is 0 Å². The highest BCUT2D eigenvalue weighted by Crippen LogP contribution is 2.26. The van der Waals surface area contributed by atoms with E-state index in [2.05, 4.69) is 27.8 Å². The molecule has 0 aromatic carbocycles. The van der Waals surface area contributed by atoms with Crippen LogP contribution in [0.1, 0.15) is 36.7 Å². The zero-order chi connectivity index (χ0) is 14.7. The van der Waals surface area contributed by atoms with Crippen LogP contribution in [0.3, 0.4) is 0 Å². The molecule has 0 bridgehead atoms. The van der Waals surface area contributed by atoms with Crippen LogP contribution in [0.15, 0.2) is 22.8 Å². The first-order chi connectivity index (χ1) is 9.52. The Morgan fingerprint density at radius 2 is 2.25 bits per heavy atom. The van der Waals surface area contributed by atoms with Gasteiger partial charge in [0.15, 0.2) is 0 Å². The lowest BCUT2D eigenvalue weighted by Crippen LogP contribution is -2.50. The van der Waals surface area contributed by atoms with Crippen LogP contribution in [0.25, 0.3) is 0 Å². The third-order valence-corrected chi connectivity index (χ3v) is 4.25. The predicted molar refractivity (Wildman–Crippen MR) is 77.4 cm³/mol. The number of rotatable bonds is 3. The third-order valence-electron chi connectivity index (χ3n) is 3.78. The van der Waals surface area contributed by atoms with E-state index in [1.54, 1.807) is 18.3 Å². The van der Waals surface area contributed by atoms with Crippen molar-refractivity contribution in [3.63, 3.8) is 0 Å². The van der Waals surface area contributed by atoms with Crippen LogP contribution in [0.4, 0.5) is 0 Å². The zero-order valence-electron chi connectivity index (χ0n) is 11.3. The molecule has 1 aliphatic rings. The molecule has 2 atom stereocenters. The van der Waals surface area contributed by atoms with E-state index in [1.807, 2.05) is 0 Å². The summed E-state index contributed by atoms with van der Waals surface area (Å²) >= 11 is 3.26. The fourth-order valence-corrected chi connectivity index (χ4v) is 2.77. The molecule has 0 saturated carbocycles. The van der Waals surface area contributed by atoms with Crippen molar-refractivity contribution in [3.05, 3.63) is 28.5 Å². The van der Waals surface area contributed by atoms with Crippen molar-refractivity contribution < 1.29 is 14.7 Å². The number of pyridine rings is 1.